The van der Waals surface area contributed by atoms with Crippen molar-refractivity contribution in [1.29, 1.82) is 0 Å². The molecule has 1 heterocycles. The molecule has 1 amide bonds. The lowest BCUT2D eigenvalue weighted by molar-refractivity contribution is -0.132. The molecule has 3 nitrogen and oxygen atoms in total. The maximum absolute atomic E-state index is 11.3. The van der Waals surface area contributed by atoms with Crippen molar-refractivity contribution in [3.63, 3.8) is 0 Å². The molecular formula is C12H22N2O. The van der Waals surface area contributed by atoms with E-state index < -0.39 is 0 Å². The molecule has 0 aromatic rings. The minimum Gasteiger partial charge on any atom is -0.344 e. The Bertz CT molecular complexity index is 224. The van der Waals surface area contributed by atoms with Crippen LogP contribution in [0.1, 0.15) is 38.5 Å². The highest BCUT2D eigenvalue weighted by atomic mass is 16.2. The van der Waals surface area contributed by atoms with Crippen LogP contribution >= 0.6 is 0 Å². The van der Waals surface area contributed by atoms with Gasteiger partial charge in [0.15, 0.2) is 0 Å². The fourth-order valence-corrected chi connectivity index (χ4v) is 2.73. The minimum absolute atomic E-state index is 0.300. The Morgan fingerprint density at radius 3 is 2.73 bits per heavy atom. The van der Waals surface area contributed by atoms with Crippen molar-refractivity contribution in [3.8, 4) is 0 Å². The Hall–Kier alpha value is -0.570. The van der Waals surface area contributed by atoms with Gasteiger partial charge in [0.25, 0.3) is 0 Å². The minimum atomic E-state index is 0.300. The van der Waals surface area contributed by atoms with E-state index in [0.29, 0.717) is 11.9 Å². The molecule has 1 N–H and O–H groups in total. The van der Waals surface area contributed by atoms with Gasteiger partial charge in [-0.15, -0.1) is 0 Å². The maximum Gasteiger partial charge on any atom is 0.222 e. The normalized spacial score (nSPS) is 28.7. The monoisotopic (exact) mass is 210 g/mol. The first-order valence-electron chi connectivity index (χ1n) is 6.23. The molecule has 1 atom stereocenters. The summed E-state index contributed by atoms with van der Waals surface area (Å²) < 4.78 is 0. The predicted molar refractivity (Wildman–Crippen MR) is 60.6 cm³/mol. The van der Waals surface area contributed by atoms with Crippen molar-refractivity contribution in [2.75, 3.05) is 20.1 Å². The van der Waals surface area contributed by atoms with Crippen LogP contribution in [-0.2, 0) is 4.79 Å². The van der Waals surface area contributed by atoms with E-state index in [1.54, 1.807) is 0 Å². The van der Waals surface area contributed by atoms with Crippen LogP contribution in [0.15, 0.2) is 0 Å². The third kappa shape index (κ3) is 2.94. The summed E-state index contributed by atoms with van der Waals surface area (Å²) in [6, 6.07) is 0.535. The summed E-state index contributed by atoms with van der Waals surface area (Å²) in [5, 5.41) is 3.62. The zero-order valence-corrected chi connectivity index (χ0v) is 9.67. The van der Waals surface area contributed by atoms with Crippen LogP contribution in [-0.4, -0.2) is 37.0 Å². The van der Waals surface area contributed by atoms with Crippen LogP contribution in [0.3, 0.4) is 0 Å². The first kappa shape index (κ1) is 10.9. The largest absolute Gasteiger partial charge is 0.344 e. The van der Waals surface area contributed by atoms with Crippen molar-refractivity contribution in [2.24, 2.45) is 5.92 Å². The lowest BCUT2D eigenvalue weighted by atomic mass is 10.0. The average molecular weight is 210 g/mol. The van der Waals surface area contributed by atoms with Gasteiger partial charge in [-0.1, -0.05) is 12.8 Å². The number of likely N-dealkylation sites (tertiary alicyclic amines) is 1. The van der Waals surface area contributed by atoms with Gasteiger partial charge in [0.2, 0.25) is 5.91 Å². The molecule has 86 valence electrons. The number of rotatable bonds is 3. The highest BCUT2D eigenvalue weighted by Crippen LogP contribution is 2.24. The number of hydrogen-bond donors (Lipinski definition) is 1. The van der Waals surface area contributed by atoms with Gasteiger partial charge in [-0.25, -0.2) is 0 Å². The summed E-state index contributed by atoms with van der Waals surface area (Å²) in [4.78, 5) is 13.2. The van der Waals surface area contributed by atoms with Crippen molar-refractivity contribution < 1.29 is 4.79 Å². The smallest absolute Gasteiger partial charge is 0.222 e. The van der Waals surface area contributed by atoms with E-state index in [2.05, 4.69) is 5.32 Å². The number of carbonyl (C=O) groups is 1. The lowest BCUT2D eigenvalue weighted by Crippen LogP contribution is -2.47. The number of hydrogen-bond acceptors (Lipinski definition) is 2. The zero-order valence-electron chi connectivity index (χ0n) is 9.67. The predicted octanol–water partition coefficient (Wildman–Crippen LogP) is 1.39. The second-order valence-electron chi connectivity index (χ2n) is 5.07. The Labute approximate surface area is 92.2 Å². The first-order chi connectivity index (χ1) is 7.25. The van der Waals surface area contributed by atoms with Crippen LogP contribution < -0.4 is 5.32 Å². The second-order valence-corrected chi connectivity index (χ2v) is 5.07. The number of piperidine rings is 1. The van der Waals surface area contributed by atoms with Gasteiger partial charge in [0.1, 0.15) is 0 Å². The van der Waals surface area contributed by atoms with Gasteiger partial charge < -0.3 is 10.2 Å². The molecule has 3 heteroatoms. The van der Waals surface area contributed by atoms with Crippen LogP contribution in [0.5, 0.6) is 0 Å². The molecule has 0 aromatic carbocycles. The van der Waals surface area contributed by atoms with Crippen LogP contribution in [0.2, 0.25) is 0 Å². The fraction of sp³-hybridized carbons (Fsp3) is 0.917. The van der Waals surface area contributed by atoms with Gasteiger partial charge in [0.05, 0.1) is 0 Å². The molecule has 15 heavy (non-hydrogen) atoms. The molecule has 0 aromatic heterocycles. The molecule has 2 aliphatic rings. The zero-order chi connectivity index (χ0) is 10.7. The summed E-state index contributed by atoms with van der Waals surface area (Å²) in [6.07, 6.45) is 7.36. The quantitative estimate of drug-likeness (QED) is 0.763. The summed E-state index contributed by atoms with van der Waals surface area (Å²) in [5.74, 6) is 1.20. The van der Waals surface area contributed by atoms with E-state index in [0.717, 1.165) is 31.8 Å². The highest BCUT2D eigenvalue weighted by Gasteiger charge is 2.23. The number of nitrogens with zero attached hydrogens (tertiary/aromatic N) is 1. The van der Waals surface area contributed by atoms with E-state index in [4.69, 9.17) is 0 Å². The summed E-state index contributed by atoms with van der Waals surface area (Å²) in [7, 11) is 1.91. The molecule has 2 fully saturated rings. The third-order valence-electron chi connectivity index (χ3n) is 3.80. The number of amides is 1. The number of likely N-dealkylation sites (N-methyl/N-ethyl adjacent to an activating group) is 1. The topological polar surface area (TPSA) is 32.3 Å². The Balaban J connectivity index is 1.68. The fourth-order valence-electron chi connectivity index (χ4n) is 2.73. The Morgan fingerprint density at radius 1 is 1.33 bits per heavy atom. The van der Waals surface area contributed by atoms with E-state index in [-0.39, 0.29) is 0 Å². The molecule has 0 spiro atoms. The third-order valence-corrected chi connectivity index (χ3v) is 3.80. The van der Waals surface area contributed by atoms with Crippen molar-refractivity contribution in [1.82, 2.24) is 10.2 Å². The molecule has 1 aliphatic carbocycles. The molecule has 1 saturated carbocycles. The average Bonchev–Trinajstić information content (AvgIpc) is 2.73. The van der Waals surface area contributed by atoms with Crippen molar-refractivity contribution in [3.05, 3.63) is 0 Å². The molecule has 0 bridgehead atoms. The second kappa shape index (κ2) is 4.97. The van der Waals surface area contributed by atoms with Crippen molar-refractivity contribution in [2.45, 2.75) is 44.6 Å². The van der Waals surface area contributed by atoms with Crippen LogP contribution in [0, 0.1) is 5.92 Å². The SMILES string of the molecule is CN1CC(NCC2CCCC2)CCC1=O. The Kier molecular flexibility index (Phi) is 3.62. The molecule has 1 unspecified atom stereocenters. The standard InChI is InChI=1S/C12H22N2O/c1-14-9-11(6-7-12(14)15)13-8-10-4-2-3-5-10/h10-11,13H,2-9H2,1H3. The van der Waals surface area contributed by atoms with Gasteiger partial charge in [-0.3, -0.25) is 4.79 Å². The van der Waals surface area contributed by atoms with Gasteiger partial charge in [-0.2, -0.15) is 0 Å². The molecule has 1 saturated heterocycles. The highest BCUT2D eigenvalue weighted by molar-refractivity contribution is 5.76. The summed E-state index contributed by atoms with van der Waals surface area (Å²) in [6.45, 7) is 2.05. The van der Waals surface area contributed by atoms with Gasteiger partial charge in [0, 0.05) is 26.1 Å². The molecule has 1 aliphatic heterocycles. The van der Waals surface area contributed by atoms with Crippen molar-refractivity contribution >= 4 is 5.91 Å². The van der Waals surface area contributed by atoms with E-state index in [9.17, 15) is 4.79 Å². The van der Waals surface area contributed by atoms with Gasteiger partial charge in [-0.05, 0) is 31.7 Å². The Morgan fingerprint density at radius 2 is 2.07 bits per heavy atom. The van der Waals surface area contributed by atoms with E-state index in [1.807, 2.05) is 11.9 Å². The number of nitrogens with one attached hydrogen (secondary N) is 1. The summed E-state index contributed by atoms with van der Waals surface area (Å²) in [5.41, 5.74) is 0. The van der Waals surface area contributed by atoms with Gasteiger partial charge >= 0.3 is 0 Å². The molecule has 2 rings (SSSR count). The maximum atomic E-state index is 11.3. The van der Waals surface area contributed by atoms with Crippen LogP contribution in [0.4, 0.5) is 0 Å². The molecular weight excluding hydrogens is 188 g/mol. The first-order valence-corrected chi connectivity index (χ1v) is 6.23. The van der Waals surface area contributed by atoms with E-state index in [1.165, 1.54) is 25.7 Å². The molecule has 0 radical (unpaired) electrons. The van der Waals surface area contributed by atoms with Crippen LogP contribution in [0.25, 0.3) is 0 Å². The lowest BCUT2D eigenvalue weighted by Gasteiger charge is -2.31. The van der Waals surface area contributed by atoms with E-state index >= 15 is 0 Å². The summed E-state index contributed by atoms with van der Waals surface area (Å²) >= 11 is 0. The number of carbonyl (C=O) groups excluding carboxylic acids is 1.